The maximum Gasteiger partial charge on any atom is 0.325 e. The van der Waals surface area contributed by atoms with Gasteiger partial charge in [0.25, 0.3) is 5.91 Å². The van der Waals surface area contributed by atoms with Crippen LogP contribution in [0.1, 0.15) is 17.4 Å². The molecule has 0 aliphatic carbocycles. The average Bonchev–Trinajstić information content (AvgIpc) is 2.63. The number of halogens is 1. The van der Waals surface area contributed by atoms with Gasteiger partial charge in [0.05, 0.1) is 0 Å². The maximum atomic E-state index is 12.1. The standard InChI is InChI=1S/C19H15ClN2O5/c1-10(19(25)26)22-18(24)16-17(23)15-7-6-14(8-11(15)9-21-16)27-13-4-2-12(20)3-5-13/h2-10,23H,1H3,(H,22,24)(H,25,26). The number of aromatic hydroxyl groups is 1. The summed E-state index contributed by atoms with van der Waals surface area (Å²) in [4.78, 5) is 26.9. The van der Waals surface area contributed by atoms with Crippen LogP contribution >= 0.6 is 11.6 Å². The summed E-state index contributed by atoms with van der Waals surface area (Å²) in [6.45, 7) is 1.32. The van der Waals surface area contributed by atoms with Gasteiger partial charge in [-0.05, 0) is 49.4 Å². The third kappa shape index (κ3) is 4.09. The highest BCUT2D eigenvalue weighted by atomic mass is 35.5. The molecule has 0 spiro atoms. The van der Waals surface area contributed by atoms with Crippen LogP contribution in [0.4, 0.5) is 0 Å². The molecule has 0 aliphatic heterocycles. The Morgan fingerprint density at radius 1 is 1.15 bits per heavy atom. The molecule has 1 unspecified atom stereocenters. The lowest BCUT2D eigenvalue weighted by Crippen LogP contribution is -2.38. The lowest BCUT2D eigenvalue weighted by molar-refractivity contribution is -0.138. The van der Waals surface area contributed by atoms with Crippen molar-refractivity contribution in [2.75, 3.05) is 0 Å². The van der Waals surface area contributed by atoms with Crippen LogP contribution in [0.5, 0.6) is 17.2 Å². The molecule has 8 heteroatoms. The Morgan fingerprint density at radius 2 is 1.81 bits per heavy atom. The highest BCUT2D eigenvalue weighted by Crippen LogP contribution is 2.31. The summed E-state index contributed by atoms with van der Waals surface area (Å²) >= 11 is 5.84. The van der Waals surface area contributed by atoms with E-state index in [1.807, 2.05) is 0 Å². The molecule has 1 heterocycles. The number of carbonyl (C=O) groups excluding carboxylic acids is 1. The van der Waals surface area contributed by atoms with E-state index in [-0.39, 0.29) is 11.4 Å². The maximum absolute atomic E-state index is 12.1. The number of nitrogens with one attached hydrogen (secondary N) is 1. The number of hydrogen-bond donors (Lipinski definition) is 3. The van der Waals surface area contributed by atoms with Crippen LogP contribution in [0, 0.1) is 0 Å². The minimum atomic E-state index is -1.19. The van der Waals surface area contributed by atoms with Crippen molar-refractivity contribution in [3.05, 3.63) is 59.4 Å². The predicted octanol–water partition coefficient (Wildman–Crippen LogP) is 3.59. The van der Waals surface area contributed by atoms with Gasteiger partial charge >= 0.3 is 5.97 Å². The minimum absolute atomic E-state index is 0.248. The van der Waals surface area contributed by atoms with Crippen molar-refractivity contribution in [3.63, 3.8) is 0 Å². The molecule has 138 valence electrons. The number of aromatic nitrogens is 1. The van der Waals surface area contributed by atoms with Crippen molar-refractivity contribution in [2.45, 2.75) is 13.0 Å². The Kier molecular flexibility index (Phi) is 5.14. The SMILES string of the molecule is CC(NC(=O)c1ncc2cc(Oc3ccc(Cl)cc3)ccc2c1O)C(=O)O. The summed E-state index contributed by atoms with van der Waals surface area (Å²) in [5.41, 5.74) is -0.248. The summed E-state index contributed by atoms with van der Waals surface area (Å²) in [6, 6.07) is 10.6. The lowest BCUT2D eigenvalue weighted by Gasteiger charge is -2.12. The van der Waals surface area contributed by atoms with Crippen molar-refractivity contribution in [1.82, 2.24) is 10.3 Å². The fourth-order valence-electron chi connectivity index (χ4n) is 2.38. The van der Waals surface area contributed by atoms with Crippen molar-refractivity contribution in [3.8, 4) is 17.2 Å². The van der Waals surface area contributed by atoms with Crippen molar-refractivity contribution >= 4 is 34.2 Å². The van der Waals surface area contributed by atoms with E-state index in [0.29, 0.717) is 27.3 Å². The zero-order valence-electron chi connectivity index (χ0n) is 14.1. The van der Waals surface area contributed by atoms with Gasteiger partial charge < -0.3 is 20.3 Å². The van der Waals surface area contributed by atoms with Gasteiger partial charge in [0.15, 0.2) is 11.4 Å². The van der Waals surface area contributed by atoms with Crippen LogP contribution in [-0.2, 0) is 4.79 Å². The first-order valence-electron chi connectivity index (χ1n) is 7.94. The van der Waals surface area contributed by atoms with Crippen molar-refractivity contribution < 1.29 is 24.5 Å². The van der Waals surface area contributed by atoms with E-state index in [1.165, 1.54) is 13.1 Å². The zero-order valence-corrected chi connectivity index (χ0v) is 14.9. The van der Waals surface area contributed by atoms with Crippen LogP contribution in [0.2, 0.25) is 5.02 Å². The Labute approximate surface area is 159 Å². The van der Waals surface area contributed by atoms with Crippen LogP contribution in [0.15, 0.2) is 48.7 Å². The fraction of sp³-hybridized carbons (Fsp3) is 0.105. The van der Waals surface area contributed by atoms with E-state index in [2.05, 4.69) is 10.3 Å². The first-order chi connectivity index (χ1) is 12.8. The number of hydrogen-bond acceptors (Lipinski definition) is 5. The first kappa shape index (κ1) is 18.5. The number of carboxylic acid groups (broad SMARTS) is 1. The van der Waals surface area contributed by atoms with Gasteiger partial charge in [-0.2, -0.15) is 0 Å². The molecule has 27 heavy (non-hydrogen) atoms. The number of amides is 1. The number of carbonyl (C=O) groups is 2. The van der Waals surface area contributed by atoms with Crippen LogP contribution in [0.3, 0.4) is 0 Å². The summed E-state index contributed by atoms with van der Waals surface area (Å²) < 4.78 is 5.73. The molecule has 0 radical (unpaired) electrons. The lowest BCUT2D eigenvalue weighted by atomic mass is 10.1. The highest BCUT2D eigenvalue weighted by Gasteiger charge is 2.20. The number of carboxylic acids is 1. The van der Waals surface area contributed by atoms with E-state index in [9.17, 15) is 14.7 Å². The largest absolute Gasteiger partial charge is 0.505 e. The Balaban J connectivity index is 1.87. The fourth-order valence-corrected chi connectivity index (χ4v) is 2.51. The Bertz CT molecular complexity index is 1020. The molecule has 3 rings (SSSR count). The smallest absolute Gasteiger partial charge is 0.325 e. The second kappa shape index (κ2) is 7.51. The van der Waals surface area contributed by atoms with Crippen molar-refractivity contribution in [1.29, 1.82) is 0 Å². The molecule has 0 aliphatic rings. The summed E-state index contributed by atoms with van der Waals surface area (Å²) in [5.74, 6) is -1.18. The van der Waals surface area contributed by atoms with Gasteiger partial charge in [-0.1, -0.05) is 11.6 Å². The van der Waals surface area contributed by atoms with Crippen LogP contribution in [0.25, 0.3) is 10.8 Å². The van der Waals surface area contributed by atoms with Crippen LogP contribution < -0.4 is 10.1 Å². The number of fused-ring (bicyclic) bond motifs is 1. The number of nitrogens with zero attached hydrogens (tertiary/aromatic N) is 1. The molecule has 0 bridgehead atoms. The number of ether oxygens (including phenoxy) is 1. The minimum Gasteiger partial charge on any atom is -0.505 e. The van der Waals surface area contributed by atoms with Gasteiger partial charge in [0, 0.05) is 22.0 Å². The molecule has 7 nitrogen and oxygen atoms in total. The summed E-state index contributed by atoms with van der Waals surface area (Å²) in [5, 5.41) is 23.0. The Morgan fingerprint density at radius 3 is 2.48 bits per heavy atom. The van der Waals surface area contributed by atoms with Gasteiger partial charge in [-0.25, -0.2) is 4.98 Å². The first-order valence-corrected chi connectivity index (χ1v) is 8.32. The van der Waals surface area contributed by atoms with Gasteiger partial charge in [-0.3, -0.25) is 9.59 Å². The van der Waals surface area contributed by atoms with Gasteiger partial charge in [-0.15, -0.1) is 0 Å². The van der Waals surface area contributed by atoms with Crippen molar-refractivity contribution in [2.24, 2.45) is 0 Å². The monoisotopic (exact) mass is 386 g/mol. The molecular formula is C19H15ClN2O5. The van der Waals surface area contributed by atoms with E-state index in [4.69, 9.17) is 21.4 Å². The van der Waals surface area contributed by atoms with Gasteiger partial charge in [0.2, 0.25) is 0 Å². The van der Waals surface area contributed by atoms with E-state index in [0.717, 1.165) is 0 Å². The number of benzene rings is 2. The molecule has 1 aromatic heterocycles. The molecule has 2 aromatic carbocycles. The third-order valence-corrected chi connectivity index (χ3v) is 4.07. The highest BCUT2D eigenvalue weighted by molar-refractivity contribution is 6.30. The second-order valence-electron chi connectivity index (χ2n) is 5.79. The number of pyridine rings is 1. The molecule has 0 saturated carbocycles. The second-order valence-corrected chi connectivity index (χ2v) is 6.23. The normalized spacial score (nSPS) is 11.8. The molecule has 0 fully saturated rings. The predicted molar refractivity (Wildman–Crippen MR) is 99.5 cm³/mol. The molecule has 1 atom stereocenters. The molecule has 1 amide bonds. The summed E-state index contributed by atoms with van der Waals surface area (Å²) in [7, 11) is 0. The quantitative estimate of drug-likeness (QED) is 0.618. The third-order valence-electron chi connectivity index (χ3n) is 3.82. The topological polar surface area (TPSA) is 109 Å². The summed E-state index contributed by atoms with van der Waals surface area (Å²) in [6.07, 6.45) is 1.41. The number of rotatable bonds is 5. The van der Waals surface area contributed by atoms with E-state index >= 15 is 0 Å². The number of aliphatic carboxylic acids is 1. The molecule has 3 aromatic rings. The average molecular weight is 387 g/mol. The molecular weight excluding hydrogens is 372 g/mol. The van der Waals surface area contributed by atoms with E-state index in [1.54, 1.807) is 42.5 Å². The van der Waals surface area contributed by atoms with E-state index < -0.39 is 17.9 Å². The Hall–Kier alpha value is -3.32. The zero-order chi connectivity index (χ0) is 19.6. The molecule has 3 N–H and O–H groups in total. The molecule has 0 saturated heterocycles. The van der Waals surface area contributed by atoms with Gasteiger partial charge in [0.1, 0.15) is 17.5 Å². The van der Waals surface area contributed by atoms with Crippen LogP contribution in [-0.4, -0.2) is 33.1 Å².